The summed E-state index contributed by atoms with van der Waals surface area (Å²) in [4.78, 5) is 65.5. The largest absolute Gasteiger partial charge is 0.394 e. The van der Waals surface area contributed by atoms with Crippen molar-refractivity contribution in [2.24, 2.45) is 5.11 Å². The van der Waals surface area contributed by atoms with E-state index >= 15 is 0 Å². The number of azide groups is 1. The summed E-state index contributed by atoms with van der Waals surface area (Å²) >= 11 is 0. The van der Waals surface area contributed by atoms with Gasteiger partial charge in [0.25, 0.3) is 11.1 Å². The van der Waals surface area contributed by atoms with Crippen LogP contribution in [0, 0.1) is 13.8 Å². The number of aryl methyl sites for hydroxylation is 2. The fourth-order valence-corrected chi connectivity index (χ4v) is 5.98. The van der Waals surface area contributed by atoms with Crippen LogP contribution in [0.1, 0.15) is 36.4 Å². The molecule has 0 saturated carbocycles. The molecule has 7 atom stereocenters. The summed E-state index contributed by atoms with van der Waals surface area (Å²) in [5.41, 5.74) is 6.76. The minimum atomic E-state index is -4.49. The first-order chi connectivity index (χ1) is 17.9. The number of hydrogen-bond acceptors (Lipinski definition) is 10. The third-order valence-electron chi connectivity index (χ3n) is 6.39. The van der Waals surface area contributed by atoms with Gasteiger partial charge in [-0.05, 0) is 19.4 Å². The van der Waals surface area contributed by atoms with Gasteiger partial charge < -0.3 is 24.0 Å². The van der Waals surface area contributed by atoms with E-state index in [1.807, 2.05) is 0 Å². The quantitative estimate of drug-likeness (QED) is 0.141. The maximum Gasteiger partial charge on any atom is 0.331 e. The monoisotopic (exact) mass is 555 g/mol. The summed E-state index contributed by atoms with van der Waals surface area (Å²) in [5, 5.41) is 13.4. The average Bonchev–Trinajstić information content (AvgIpc) is 3.41. The van der Waals surface area contributed by atoms with Gasteiger partial charge in [-0.1, -0.05) is 5.11 Å². The Kier molecular flexibility index (Phi) is 7.90. The molecule has 2 aromatic heterocycles. The van der Waals surface area contributed by atoms with Gasteiger partial charge in [-0.2, -0.15) is 0 Å². The van der Waals surface area contributed by atoms with E-state index in [-0.39, 0.29) is 24.0 Å². The van der Waals surface area contributed by atoms with Crippen LogP contribution in [0.3, 0.4) is 0 Å². The Morgan fingerprint density at radius 1 is 1.05 bits per heavy atom. The highest BCUT2D eigenvalue weighted by molar-refractivity contribution is 7.52. The van der Waals surface area contributed by atoms with Crippen LogP contribution in [0.4, 0.5) is 0 Å². The lowest BCUT2D eigenvalue weighted by Gasteiger charge is -2.23. The number of aromatic amines is 2. The normalized spacial score (nSPS) is 28.6. The standard InChI is InChI=1S/C20H26N7O10P/c1-9-5-26(19(31)22-17(9)29)15-3-11(24-25-21)14(36-15)8-38(33,34)37-12-4-16(35-13(12)7-28)27-6-10(2)18(30)23-20(27)32/h5-6,11-16,28H,3-4,7-8H2,1-2H3,(H,33,34)(H,22,29,31)(H,23,30,32). The van der Waals surface area contributed by atoms with Crippen molar-refractivity contribution >= 4 is 7.60 Å². The SMILES string of the molecule is Cc1cn(C2CC(N=[N+]=[N-])C(CP(=O)(O)OC3CC(n4cc(C)c(=O)[nH]c4=O)OC3CO)O2)c(=O)[nH]c1=O. The Labute approximate surface area is 212 Å². The number of nitrogens with zero attached hydrogens (tertiary/aromatic N) is 5. The smallest absolute Gasteiger partial charge is 0.331 e. The topological polar surface area (TPSA) is 244 Å². The van der Waals surface area contributed by atoms with Crippen molar-refractivity contribution in [3.8, 4) is 0 Å². The molecule has 38 heavy (non-hydrogen) atoms. The fourth-order valence-electron chi connectivity index (χ4n) is 4.47. The van der Waals surface area contributed by atoms with Gasteiger partial charge in [0.2, 0.25) is 0 Å². The third-order valence-corrected chi connectivity index (χ3v) is 7.81. The lowest BCUT2D eigenvalue weighted by molar-refractivity contribution is -0.0439. The minimum absolute atomic E-state index is 0.0114. The molecule has 2 aromatic rings. The molecule has 0 amide bonds. The van der Waals surface area contributed by atoms with E-state index < -0.39 is 79.7 Å². The molecular formula is C20H26N7O10P. The van der Waals surface area contributed by atoms with Crippen LogP contribution in [-0.4, -0.2) is 66.2 Å². The van der Waals surface area contributed by atoms with E-state index in [0.29, 0.717) is 0 Å². The highest BCUT2D eigenvalue weighted by atomic mass is 31.2. The summed E-state index contributed by atoms with van der Waals surface area (Å²) in [6, 6.07) is -0.933. The van der Waals surface area contributed by atoms with Crippen LogP contribution < -0.4 is 22.5 Å². The molecule has 0 aromatic carbocycles. The van der Waals surface area contributed by atoms with Crippen LogP contribution in [0.5, 0.6) is 0 Å². The molecule has 2 fully saturated rings. The number of nitrogens with one attached hydrogen (secondary N) is 2. The Morgan fingerprint density at radius 2 is 1.58 bits per heavy atom. The molecule has 7 unspecified atom stereocenters. The van der Waals surface area contributed by atoms with Crippen molar-refractivity contribution in [2.45, 2.75) is 63.5 Å². The molecule has 0 radical (unpaired) electrons. The number of rotatable bonds is 8. The van der Waals surface area contributed by atoms with Gasteiger partial charge in [0.15, 0.2) is 0 Å². The molecule has 17 nitrogen and oxygen atoms in total. The zero-order valence-corrected chi connectivity index (χ0v) is 21.2. The number of ether oxygens (including phenoxy) is 2. The molecule has 206 valence electrons. The van der Waals surface area contributed by atoms with Crippen LogP contribution in [0.25, 0.3) is 10.4 Å². The Morgan fingerprint density at radius 3 is 2.11 bits per heavy atom. The van der Waals surface area contributed by atoms with Crippen molar-refractivity contribution in [1.29, 1.82) is 0 Å². The predicted molar refractivity (Wildman–Crippen MR) is 129 cm³/mol. The molecule has 4 heterocycles. The zero-order valence-electron chi connectivity index (χ0n) is 20.3. The number of aromatic nitrogens is 4. The van der Waals surface area contributed by atoms with Gasteiger partial charge >= 0.3 is 19.0 Å². The van der Waals surface area contributed by atoms with Gasteiger partial charge in [-0.25, -0.2) is 9.59 Å². The maximum absolute atomic E-state index is 13.1. The molecule has 4 rings (SSSR count). The summed E-state index contributed by atoms with van der Waals surface area (Å²) in [6.07, 6.45) is -3.45. The molecule has 0 aliphatic carbocycles. The molecule has 2 saturated heterocycles. The Hall–Kier alpha value is -3.30. The second-order valence-electron chi connectivity index (χ2n) is 9.11. The van der Waals surface area contributed by atoms with E-state index in [0.717, 1.165) is 9.13 Å². The number of hydrogen-bond donors (Lipinski definition) is 4. The Bertz CT molecular complexity index is 1540. The molecule has 2 aliphatic heterocycles. The first kappa shape index (κ1) is 27.7. The maximum atomic E-state index is 13.1. The molecule has 2 aliphatic rings. The van der Waals surface area contributed by atoms with Gasteiger partial charge in [-0.15, -0.1) is 0 Å². The van der Waals surface area contributed by atoms with Crippen LogP contribution in [0.15, 0.2) is 36.7 Å². The summed E-state index contributed by atoms with van der Waals surface area (Å²) < 4.78 is 32.2. The van der Waals surface area contributed by atoms with Crippen molar-refractivity contribution < 1.29 is 28.6 Å². The highest BCUT2D eigenvalue weighted by Gasteiger charge is 2.45. The van der Waals surface area contributed by atoms with E-state index in [1.54, 1.807) is 0 Å². The van der Waals surface area contributed by atoms with Crippen molar-refractivity contribution in [1.82, 2.24) is 19.1 Å². The minimum Gasteiger partial charge on any atom is -0.394 e. The van der Waals surface area contributed by atoms with E-state index in [1.165, 1.54) is 26.2 Å². The van der Waals surface area contributed by atoms with Crippen molar-refractivity contribution in [3.63, 3.8) is 0 Å². The fraction of sp³-hybridized carbons (Fsp3) is 0.600. The van der Waals surface area contributed by atoms with Crippen molar-refractivity contribution in [2.75, 3.05) is 12.8 Å². The van der Waals surface area contributed by atoms with Crippen LogP contribution in [0.2, 0.25) is 0 Å². The number of aliphatic hydroxyl groups excluding tert-OH is 1. The van der Waals surface area contributed by atoms with Crippen LogP contribution >= 0.6 is 7.60 Å². The second kappa shape index (κ2) is 10.8. The summed E-state index contributed by atoms with van der Waals surface area (Å²) in [5.74, 6) is 0. The first-order valence-corrected chi connectivity index (χ1v) is 13.3. The Balaban J connectivity index is 1.51. The van der Waals surface area contributed by atoms with Gasteiger partial charge in [-0.3, -0.25) is 33.3 Å². The lowest BCUT2D eigenvalue weighted by Crippen LogP contribution is -2.33. The molecule has 18 heteroatoms. The van der Waals surface area contributed by atoms with Crippen LogP contribution in [-0.2, 0) is 18.6 Å². The second-order valence-corrected chi connectivity index (χ2v) is 11.0. The summed E-state index contributed by atoms with van der Waals surface area (Å²) in [7, 11) is -4.49. The highest BCUT2D eigenvalue weighted by Crippen LogP contribution is 2.50. The molecular weight excluding hydrogens is 529 g/mol. The molecule has 0 spiro atoms. The molecule has 4 N–H and O–H groups in total. The molecule has 0 bridgehead atoms. The van der Waals surface area contributed by atoms with E-state index in [4.69, 9.17) is 19.5 Å². The van der Waals surface area contributed by atoms with Crippen molar-refractivity contribution in [3.05, 3.63) is 75.6 Å². The van der Waals surface area contributed by atoms with E-state index in [9.17, 15) is 33.7 Å². The average molecular weight is 555 g/mol. The summed E-state index contributed by atoms with van der Waals surface area (Å²) in [6.45, 7) is 2.38. The third kappa shape index (κ3) is 5.73. The van der Waals surface area contributed by atoms with Gasteiger partial charge in [0.1, 0.15) is 18.6 Å². The lowest BCUT2D eigenvalue weighted by atomic mass is 10.1. The zero-order chi connectivity index (χ0) is 27.8. The van der Waals surface area contributed by atoms with E-state index in [2.05, 4.69) is 20.0 Å². The number of H-pyrrole nitrogens is 2. The first-order valence-electron chi connectivity index (χ1n) is 11.5. The van der Waals surface area contributed by atoms with Gasteiger partial charge in [0, 0.05) is 41.3 Å². The van der Waals surface area contributed by atoms with Gasteiger partial charge in [0.05, 0.1) is 31.0 Å². The number of aliphatic hydroxyl groups is 1. The predicted octanol–water partition coefficient (Wildman–Crippen LogP) is -0.480.